The lowest BCUT2D eigenvalue weighted by Crippen LogP contribution is -2.29. The number of ketones is 1. The van der Waals surface area contributed by atoms with Crippen molar-refractivity contribution in [2.45, 2.75) is 53.5 Å². The Kier molecular flexibility index (Phi) is 4.69. The Morgan fingerprint density at radius 3 is 2.33 bits per heavy atom. The SMILES string of the molecule is Cc1ccc(C(=O)CC(N)CC(C)(C)C)cc1C. The monoisotopic (exact) mass is 247 g/mol. The standard InChI is InChI=1S/C16H25NO/c1-11-6-7-13(8-12(11)2)15(18)9-14(17)10-16(3,4)5/h6-8,14H,9-10,17H2,1-5H3. The van der Waals surface area contributed by atoms with Gasteiger partial charge in [0.1, 0.15) is 0 Å². The summed E-state index contributed by atoms with van der Waals surface area (Å²) in [4.78, 5) is 12.1. The molecule has 0 aliphatic heterocycles. The molecule has 0 aliphatic rings. The molecule has 1 aromatic rings. The molecule has 0 aliphatic carbocycles. The molecular weight excluding hydrogens is 222 g/mol. The molecule has 0 fully saturated rings. The fourth-order valence-corrected chi connectivity index (χ4v) is 2.13. The molecule has 18 heavy (non-hydrogen) atoms. The van der Waals surface area contributed by atoms with Crippen LogP contribution in [0.4, 0.5) is 0 Å². The third-order valence-electron chi connectivity index (χ3n) is 3.15. The summed E-state index contributed by atoms with van der Waals surface area (Å²) in [7, 11) is 0. The summed E-state index contributed by atoms with van der Waals surface area (Å²) in [5, 5.41) is 0. The Morgan fingerprint density at radius 1 is 1.22 bits per heavy atom. The van der Waals surface area contributed by atoms with Crippen LogP contribution in [0, 0.1) is 19.3 Å². The van der Waals surface area contributed by atoms with E-state index in [-0.39, 0.29) is 17.2 Å². The second-order valence-electron chi connectivity index (χ2n) is 6.45. The van der Waals surface area contributed by atoms with Gasteiger partial charge in [-0.25, -0.2) is 0 Å². The summed E-state index contributed by atoms with van der Waals surface area (Å²) in [6.45, 7) is 10.5. The Labute approximate surface area is 111 Å². The molecule has 1 rings (SSSR count). The summed E-state index contributed by atoms with van der Waals surface area (Å²) in [5.74, 6) is 0.148. The molecule has 1 unspecified atom stereocenters. The van der Waals surface area contributed by atoms with Crippen molar-refractivity contribution in [3.63, 3.8) is 0 Å². The lowest BCUT2D eigenvalue weighted by atomic mass is 9.86. The molecule has 0 saturated heterocycles. The predicted molar refractivity (Wildman–Crippen MR) is 76.9 cm³/mol. The van der Waals surface area contributed by atoms with Crippen molar-refractivity contribution in [1.82, 2.24) is 0 Å². The zero-order valence-corrected chi connectivity index (χ0v) is 12.2. The van der Waals surface area contributed by atoms with Crippen molar-refractivity contribution in [3.8, 4) is 0 Å². The van der Waals surface area contributed by atoms with Gasteiger partial charge in [-0.3, -0.25) is 4.79 Å². The van der Waals surface area contributed by atoms with Crippen LogP contribution < -0.4 is 5.73 Å². The van der Waals surface area contributed by atoms with Crippen LogP contribution in [0.1, 0.15) is 55.1 Å². The van der Waals surface area contributed by atoms with Crippen LogP contribution in [0.25, 0.3) is 0 Å². The summed E-state index contributed by atoms with van der Waals surface area (Å²) in [5.41, 5.74) is 9.37. The Balaban J connectivity index is 2.68. The first-order chi connectivity index (χ1) is 8.19. The normalized spacial score (nSPS) is 13.4. The topological polar surface area (TPSA) is 43.1 Å². The highest BCUT2D eigenvalue weighted by atomic mass is 16.1. The second kappa shape index (κ2) is 5.66. The van der Waals surface area contributed by atoms with Crippen molar-refractivity contribution in [3.05, 3.63) is 34.9 Å². The number of carbonyl (C=O) groups excluding carboxylic acids is 1. The van der Waals surface area contributed by atoms with Crippen LogP contribution in [0.5, 0.6) is 0 Å². The number of carbonyl (C=O) groups is 1. The van der Waals surface area contributed by atoms with Gasteiger partial charge in [-0.2, -0.15) is 0 Å². The van der Waals surface area contributed by atoms with E-state index in [1.165, 1.54) is 5.56 Å². The number of benzene rings is 1. The molecule has 0 spiro atoms. The zero-order valence-electron chi connectivity index (χ0n) is 12.2. The van der Waals surface area contributed by atoms with E-state index < -0.39 is 0 Å². The van der Waals surface area contributed by atoms with E-state index >= 15 is 0 Å². The molecule has 0 bridgehead atoms. The fraction of sp³-hybridized carbons (Fsp3) is 0.562. The number of aryl methyl sites for hydroxylation is 2. The maximum Gasteiger partial charge on any atom is 0.164 e. The molecule has 2 nitrogen and oxygen atoms in total. The molecule has 0 heterocycles. The molecular formula is C16H25NO. The highest BCUT2D eigenvalue weighted by Gasteiger charge is 2.18. The first-order valence-electron chi connectivity index (χ1n) is 6.55. The van der Waals surface area contributed by atoms with Crippen molar-refractivity contribution < 1.29 is 4.79 Å². The van der Waals surface area contributed by atoms with Gasteiger partial charge in [0.2, 0.25) is 0 Å². The highest BCUT2D eigenvalue weighted by molar-refractivity contribution is 5.96. The van der Waals surface area contributed by atoms with E-state index in [1.807, 2.05) is 25.1 Å². The minimum atomic E-state index is -0.0564. The van der Waals surface area contributed by atoms with Gasteiger partial charge < -0.3 is 5.73 Å². The smallest absolute Gasteiger partial charge is 0.164 e. The minimum absolute atomic E-state index is 0.0564. The Morgan fingerprint density at radius 2 is 1.83 bits per heavy atom. The van der Waals surface area contributed by atoms with E-state index in [1.54, 1.807) is 0 Å². The number of hydrogen-bond acceptors (Lipinski definition) is 2. The molecule has 2 N–H and O–H groups in total. The van der Waals surface area contributed by atoms with Gasteiger partial charge in [-0.15, -0.1) is 0 Å². The minimum Gasteiger partial charge on any atom is -0.327 e. The first-order valence-corrected chi connectivity index (χ1v) is 6.55. The predicted octanol–water partition coefficient (Wildman–Crippen LogP) is 3.64. The summed E-state index contributed by atoms with van der Waals surface area (Å²) in [6, 6.07) is 5.80. The van der Waals surface area contributed by atoms with Gasteiger partial charge in [0, 0.05) is 18.0 Å². The fourth-order valence-electron chi connectivity index (χ4n) is 2.13. The van der Waals surface area contributed by atoms with Crippen LogP contribution in [0.2, 0.25) is 0 Å². The summed E-state index contributed by atoms with van der Waals surface area (Å²) >= 11 is 0. The zero-order chi connectivity index (χ0) is 13.9. The van der Waals surface area contributed by atoms with E-state index in [0.717, 1.165) is 17.5 Å². The van der Waals surface area contributed by atoms with Crippen LogP contribution >= 0.6 is 0 Å². The number of hydrogen-bond donors (Lipinski definition) is 1. The quantitative estimate of drug-likeness (QED) is 0.825. The average molecular weight is 247 g/mol. The molecule has 0 saturated carbocycles. The van der Waals surface area contributed by atoms with Gasteiger partial charge in [0.15, 0.2) is 5.78 Å². The molecule has 100 valence electrons. The number of nitrogens with two attached hydrogens (primary N) is 1. The van der Waals surface area contributed by atoms with Gasteiger partial charge in [-0.05, 0) is 42.9 Å². The third kappa shape index (κ3) is 4.61. The second-order valence-corrected chi connectivity index (χ2v) is 6.45. The summed E-state index contributed by atoms with van der Waals surface area (Å²) in [6.07, 6.45) is 1.29. The van der Waals surface area contributed by atoms with E-state index in [2.05, 4.69) is 27.7 Å². The van der Waals surface area contributed by atoms with Crippen molar-refractivity contribution in [2.75, 3.05) is 0 Å². The maximum atomic E-state index is 12.1. The van der Waals surface area contributed by atoms with Gasteiger partial charge >= 0.3 is 0 Å². The lowest BCUT2D eigenvalue weighted by molar-refractivity contribution is 0.0968. The number of rotatable bonds is 4. The van der Waals surface area contributed by atoms with Crippen LogP contribution in [-0.4, -0.2) is 11.8 Å². The van der Waals surface area contributed by atoms with Crippen LogP contribution in [0.15, 0.2) is 18.2 Å². The van der Waals surface area contributed by atoms with Crippen molar-refractivity contribution in [2.24, 2.45) is 11.1 Å². The van der Waals surface area contributed by atoms with Crippen LogP contribution in [-0.2, 0) is 0 Å². The highest BCUT2D eigenvalue weighted by Crippen LogP contribution is 2.22. The van der Waals surface area contributed by atoms with Crippen molar-refractivity contribution >= 4 is 5.78 Å². The molecule has 0 aromatic heterocycles. The van der Waals surface area contributed by atoms with Gasteiger partial charge in [-0.1, -0.05) is 32.9 Å². The maximum absolute atomic E-state index is 12.1. The molecule has 1 atom stereocenters. The lowest BCUT2D eigenvalue weighted by Gasteiger charge is -2.22. The molecule has 0 amide bonds. The van der Waals surface area contributed by atoms with E-state index in [9.17, 15) is 4.79 Å². The molecule has 2 heteroatoms. The van der Waals surface area contributed by atoms with E-state index in [4.69, 9.17) is 5.73 Å². The Bertz CT molecular complexity index is 429. The van der Waals surface area contributed by atoms with Crippen molar-refractivity contribution in [1.29, 1.82) is 0 Å². The van der Waals surface area contributed by atoms with E-state index in [0.29, 0.717) is 6.42 Å². The first kappa shape index (κ1) is 14.9. The largest absolute Gasteiger partial charge is 0.327 e. The van der Waals surface area contributed by atoms with Gasteiger partial charge in [0.05, 0.1) is 0 Å². The summed E-state index contributed by atoms with van der Waals surface area (Å²) < 4.78 is 0. The third-order valence-corrected chi connectivity index (χ3v) is 3.15. The molecule has 0 radical (unpaired) electrons. The van der Waals surface area contributed by atoms with Crippen LogP contribution in [0.3, 0.4) is 0 Å². The number of Topliss-reactive ketones (excluding diaryl/α,β-unsaturated/α-hetero) is 1. The molecule has 1 aromatic carbocycles. The average Bonchev–Trinajstić information content (AvgIpc) is 2.18. The van der Waals surface area contributed by atoms with Gasteiger partial charge in [0.25, 0.3) is 0 Å². The Hall–Kier alpha value is -1.15.